The number of ether oxygens (including phenoxy) is 1. The predicted molar refractivity (Wildman–Crippen MR) is 86.0 cm³/mol. The van der Waals surface area contributed by atoms with Crippen molar-refractivity contribution in [3.8, 4) is 0 Å². The van der Waals surface area contributed by atoms with Gasteiger partial charge in [-0.2, -0.15) is 0 Å². The molecule has 2 rings (SSSR count). The van der Waals surface area contributed by atoms with E-state index in [1.165, 1.54) is 4.68 Å². The third kappa shape index (κ3) is 4.73. The Kier molecular flexibility index (Phi) is 6.33. The summed E-state index contributed by atoms with van der Waals surface area (Å²) in [5.41, 5.74) is 1.09. The van der Waals surface area contributed by atoms with Crippen molar-refractivity contribution in [1.29, 1.82) is 0 Å². The lowest BCUT2D eigenvalue weighted by molar-refractivity contribution is -0.254. The highest BCUT2D eigenvalue weighted by molar-refractivity contribution is 4.96. The second kappa shape index (κ2) is 7.88. The summed E-state index contributed by atoms with van der Waals surface area (Å²) in [6.45, 7) is 6.17. The molecule has 8 heteroatoms. The maximum atomic E-state index is 10.1. The zero-order chi connectivity index (χ0) is 17.9. The molecule has 4 N–H and O–H groups in total. The summed E-state index contributed by atoms with van der Waals surface area (Å²) in [6.07, 6.45) is -0.420. The van der Waals surface area contributed by atoms with E-state index in [0.717, 1.165) is 31.4 Å². The van der Waals surface area contributed by atoms with Crippen molar-refractivity contribution in [2.24, 2.45) is 5.41 Å². The predicted octanol–water partition coefficient (Wildman–Crippen LogP) is 0.00940. The molecule has 0 saturated carbocycles. The van der Waals surface area contributed by atoms with Crippen molar-refractivity contribution in [3.63, 3.8) is 0 Å². The number of rotatable bonds is 6. The van der Waals surface area contributed by atoms with Crippen molar-refractivity contribution in [2.75, 3.05) is 6.61 Å². The summed E-state index contributed by atoms with van der Waals surface area (Å²) in [6, 6.07) is 0. The van der Waals surface area contributed by atoms with Gasteiger partial charge in [-0.3, -0.25) is 0 Å². The van der Waals surface area contributed by atoms with Crippen LogP contribution in [0.1, 0.15) is 52.0 Å². The molecule has 0 spiro atoms. The molecular weight excluding hydrogens is 314 g/mol. The Morgan fingerprint density at radius 1 is 1.12 bits per heavy atom. The fraction of sp³-hybridized carbons (Fsp3) is 0.875. The van der Waals surface area contributed by atoms with Gasteiger partial charge >= 0.3 is 0 Å². The number of aliphatic hydroxyl groups is 4. The van der Waals surface area contributed by atoms with E-state index in [-0.39, 0.29) is 0 Å². The fourth-order valence-electron chi connectivity index (χ4n) is 2.81. The van der Waals surface area contributed by atoms with Crippen LogP contribution in [0.3, 0.4) is 0 Å². The van der Waals surface area contributed by atoms with Crippen LogP contribution >= 0.6 is 0 Å². The molecule has 5 unspecified atom stereocenters. The van der Waals surface area contributed by atoms with Crippen LogP contribution in [0.15, 0.2) is 6.20 Å². The maximum Gasteiger partial charge on any atom is 0.180 e. The van der Waals surface area contributed by atoms with E-state index in [1.54, 1.807) is 6.20 Å². The fourth-order valence-corrected chi connectivity index (χ4v) is 2.81. The minimum absolute atomic E-state index is 0.313. The van der Waals surface area contributed by atoms with Gasteiger partial charge in [-0.15, -0.1) is 5.10 Å². The van der Waals surface area contributed by atoms with Crippen molar-refractivity contribution < 1.29 is 25.2 Å². The van der Waals surface area contributed by atoms with Gasteiger partial charge in [0.1, 0.15) is 24.4 Å². The second-order valence-electron chi connectivity index (χ2n) is 7.68. The molecule has 0 aliphatic carbocycles. The molecule has 1 aliphatic heterocycles. The molecule has 0 amide bonds. The molecule has 8 nitrogen and oxygen atoms in total. The molecule has 2 heterocycles. The van der Waals surface area contributed by atoms with Crippen LogP contribution < -0.4 is 0 Å². The number of unbranched alkanes of at least 4 members (excludes halogenated alkanes) is 1. The molecule has 138 valence electrons. The quantitative estimate of drug-likeness (QED) is 0.537. The average molecular weight is 343 g/mol. The highest BCUT2D eigenvalue weighted by Gasteiger charge is 2.44. The van der Waals surface area contributed by atoms with E-state index in [4.69, 9.17) is 4.74 Å². The van der Waals surface area contributed by atoms with E-state index in [0.29, 0.717) is 5.41 Å². The van der Waals surface area contributed by atoms with E-state index in [9.17, 15) is 20.4 Å². The first kappa shape index (κ1) is 19.3. The van der Waals surface area contributed by atoms with Gasteiger partial charge in [0.25, 0.3) is 0 Å². The molecule has 1 fully saturated rings. The summed E-state index contributed by atoms with van der Waals surface area (Å²) in [5, 5.41) is 47.0. The Balaban J connectivity index is 1.94. The Morgan fingerprint density at radius 2 is 1.83 bits per heavy atom. The van der Waals surface area contributed by atoms with Crippen molar-refractivity contribution in [2.45, 2.75) is 77.1 Å². The van der Waals surface area contributed by atoms with E-state index in [2.05, 4.69) is 31.1 Å². The summed E-state index contributed by atoms with van der Waals surface area (Å²) in [7, 11) is 0. The Bertz CT molecular complexity index is 514. The van der Waals surface area contributed by atoms with Gasteiger partial charge in [0.05, 0.1) is 18.5 Å². The van der Waals surface area contributed by atoms with Gasteiger partial charge in [0, 0.05) is 0 Å². The zero-order valence-corrected chi connectivity index (χ0v) is 14.5. The summed E-state index contributed by atoms with van der Waals surface area (Å²) < 4.78 is 6.79. The van der Waals surface area contributed by atoms with Crippen molar-refractivity contribution in [3.05, 3.63) is 11.9 Å². The minimum atomic E-state index is -1.42. The molecule has 5 atom stereocenters. The van der Waals surface area contributed by atoms with Gasteiger partial charge < -0.3 is 25.2 Å². The second-order valence-corrected chi connectivity index (χ2v) is 7.68. The molecule has 1 aromatic rings. The maximum absolute atomic E-state index is 10.1. The number of hydrogen-bond donors (Lipinski definition) is 4. The van der Waals surface area contributed by atoms with Crippen LogP contribution in [-0.2, 0) is 11.2 Å². The monoisotopic (exact) mass is 343 g/mol. The summed E-state index contributed by atoms with van der Waals surface area (Å²) >= 11 is 0. The third-order valence-electron chi connectivity index (χ3n) is 4.30. The van der Waals surface area contributed by atoms with Crippen LogP contribution in [0.2, 0.25) is 0 Å². The van der Waals surface area contributed by atoms with Crippen LogP contribution in [0.5, 0.6) is 0 Å². The highest BCUT2D eigenvalue weighted by Crippen LogP contribution is 2.28. The Hall–Kier alpha value is -1.06. The molecule has 0 radical (unpaired) electrons. The topological polar surface area (TPSA) is 121 Å². The van der Waals surface area contributed by atoms with Crippen LogP contribution in [0.25, 0.3) is 0 Å². The molecular formula is C16H29N3O5. The molecule has 0 bridgehead atoms. The number of aromatic nitrogens is 3. The first-order valence-corrected chi connectivity index (χ1v) is 8.44. The van der Waals surface area contributed by atoms with Crippen LogP contribution in [0, 0.1) is 5.41 Å². The lowest BCUT2D eigenvalue weighted by atomic mass is 9.89. The molecule has 0 aromatic carbocycles. The van der Waals surface area contributed by atoms with Gasteiger partial charge in [-0.05, 0) is 24.7 Å². The lowest BCUT2D eigenvalue weighted by Crippen LogP contribution is -2.56. The van der Waals surface area contributed by atoms with Crippen molar-refractivity contribution >= 4 is 0 Å². The number of aryl methyl sites for hydroxylation is 1. The summed E-state index contributed by atoms with van der Waals surface area (Å²) in [5.74, 6) is 0. The SMILES string of the molecule is CC(C)(C)CCCCc1cn(C2OC(CO)C(O)C(O)C2O)nn1. The van der Waals surface area contributed by atoms with Crippen LogP contribution in [-0.4, -0.2) is 66.4 Å². The minimum Gasteiger partial charge on any atom is -0.394 e. The molecule has 24 heavy (non-hydrogen) atoms. The Morgan fingerprint density at radius 3 is 2.46 bits per heavy atom. The van der Waals surface area contributed by atoms with Crippen molar-refractivity contribution in [1.82, 2.24) is 15.0 Å². The molecule has 1 aromatic heterocycles. The number of aliphatic hydroxyl groups excluding tert-OH is 4. The van der Waals surface area contributed by atoms with Gasteiger partial charge in [-0.25, -0.2) is 4.68 Å². The summed E-state index contributed by atoms with van der Waals surface area (Å²) in [4.78, 5) is 0. The smallest absolute Gasteiger partial charge is 0.180 e. The zero-order valence-electron chi connectivity index (χ0n) is 14.5. The number of hydrogen-bond acceptors (Lipinski definition) is 7. The van der Waals surface area contributed by atoms with E-state index < -0.39 is 37.3 Å². The molecule has 1 aliphatic rings. The van der Waals surface area contributed by atoms with Crippen LogP contribution in [0.4, 0.5) is 0 Å². The first-order valence-electron chi connectivity index (χ1n) is 8.44. The molecule has 1 saturated heterocycles. The number of nitrogens with zero attached hydrogens (tertiary/aromatic N) is 3. The normalized spacial score (nSPS) is 31.4. The first-order chi connectivity index (χ1) is 11.2. The third-order valence-corrected chi connectivity index (χ3v) is 4.30. The Labute approximate surface area is 142 Å². The standard InChI is InChI=1S/C16H29N3O5/c1-16(2,3)7-5-4-6-10-8-19(18-17-10)15-14(23)13(22)12(21)11(9-20)24-15/h8,11-15,20-23H,4-7,9H2,1-3H3. The van der Waals surface area contributed by atoms with Gasteiger partial charge in [-0.1, -0.05) is 32.4 Å². The van der Waals surface area contributed by atoms with Gasteiger partial charge in [0.2, 0.25) is 0 Å². The van der Waals surface area contributed by atoms with E-state index in [1.807, 2.05) is 0 Å². The highest BCUT2D eigenvalue weighted by atomic mass is 16.6. The van der Waals surface area contributed by atoms with Gasteiger partial charge in [0.15, 0.2) is 6.23 Å². The average Bonchev–Trinajstić information content (AvgIpc) is 2.97. The van der Waals surface area contributed by atoms with E-state index >= 15 is 0 Å². The lowest BCUT2D eigenvalue weighted by Gasteiger charge is -2.39. The largest absolute Gasteiger partial charge is 0.394 e.